The first-order valence-corrected chi connectivity index (χ1v) is 42.4. The maximum absolute atomic E-state index is 12.8. The van der Waals surface area contributed by atoms with E-state index in [2.05, 4.69) is 64.2 Å². The van der Waals surface area contributed by atoms with Gasteiger partial charge in [-0.3, -0.25) is 62.3 Å². The quantitative estimate of drug-likeness (QED) is 0.0119. The first-order valence-electron chi connectivity index (χ1n) is 37.4. The normalized spacial score (nSPS) is 14.1. The molecule has 0 aromatic heterocycles. The van der Waals surface area contributed by atoms with E-state index in [1.807, 2.05) is 20.8 Å². The number of nitrogens with zero attached hydrogens (tertiary/aromatic N) is 1. The van der Waals surface area contributed by atoms with Gasteiger partial charge in [-0.15, -0.1) is 0 Å². The van der Waals surface area contributed by atoms with Crippen LogP contribution < -0.4 is 92.0 Å². The van der Waals surface area contributed by atoms with Crippen LogP contribution in [0.2, 0.25) is 0 Å². The summed E-state index contributed by atoms with van der Waals surface area (Å²) in [6, 6.07) is -4.91. The van der Waals surface area contributed by atoms with Gasteiger partial charge in [0.15, 0.2) is 0 Å². The van der Waals surface area contributed by atoms with Crippen molar-refractivity contribution in [3.8, 4) is 0 Å². The fraction of sp³-hybridized carbons (Fsp3) is 0.733. The Labute approximate surface area is 773 Å². The molecule has 9 amide bonds. The molecule has 47 heteroatoms. The predicted octanol–water partition coefficient (Wildman–Crippen LogP) is -4.12. The Hall–Kier alpha value is -5.89. The molecule has 0 heterocycles. The van der Waals surface area contributed by atoms with E-state index < -0.39 is 207 Å². The van der Waals surface area contributed by atoms with Crippen LogP contribution in [0.3, 0.4) is 0 Å². The number of rotatable bonds is 56. The molecule has 9 atom stereocenters. The molecule has 0 saturated heterocycles. The van der Waals surface area contributed by atoms with E-state index in [4.69, 9.17) is 19.7 Å². The third-order valence-corrected chi connectivity index (χ3v) is 21.9. The number of aliphatic hydroxyl groups excluding tert-OH is 3. The van der Waals surface area contributed by atoms with Crippen molar-refractivity contribution in [2.75, 3.05) is 89.4 Å². The van der Waals surface area contributed by atoms with E-state index in [1.165, 1.54) is 0 Å². The molecule has 0 aliphatic heterocycles. The number of amides is 9. The van der Waals surface area contributed by atoms with Crippen molar-refractivity contribution < 1.29 is 209 Å². The molecule has 0 aliphatic carbocycles. The molecule has 0 bridgehead atoms. The minimum absolute atomic E-state index is 0. The van der Waals surface area contributed by atoms with Gasteiger partial charge >= 0.3 is 95.6 Å². The molecule has 712 valence electrons. The zero-order valence-electron chi connectivity index (χ0n) is 74.9. The molecule has 16 N–H and O–H groups in total. The molecule has 0 aliphatic rings. The average Bonchev–Trinajstić information content (AvgIpc) is 0.821. The summed E-state index contributed by atoms with van der Waals surface area (Å²) in [5.41, 5.74) is -5.65. The number of ether oxygens (including phenoxy) is 2. The Morgan fingerprint density at radius 3 is 0.992 bits per heavy atom. The standard InChI is InChI=1S/C26H48N4O10S.C23H40N4O9S.C22H40N4O10S.4CH3.Na.2Pt/c1-8-26(7,24(36)28-15-18(4)31)17-25(5,6)23(35)29-16-20(32)27-12-11-13-41(37,38)30-19(22(34)40-10-3)14-21(33)39-9-2;1-7-23(6,21(34)25-12-15(2)28)14-22(4,5)20(33)26-13-18(30)24-9-8-10-37(35,36)27-17(16(3)29)11-19(31)32;1-6-22(5,20(34)24-11-14(2)27)13-21(3,4)19(33)25-12-16(28)23-8-7-9-37(35,36)26-15(18(31)32)10-17(29)30;;;;;;;/h18-19,30-31H,8-17H2,1-7H3,(H,27,32)(H,28,36)(H,29,35);15,17,28H,3,7-14H2,1-2,4-6H3,(H,24,30)(H,25,34)(H,26,33)(H,31,32);14-15,26-27H,6-13H2,1-5H3,(H,23,28)(H,24,34)(H,25,33)(H,29,30)(H,31,32);4*1H3;;;/q;-2;;4*-1;+1;+2;+4/p-1. The van der Waals surface area contributed by atoms with E-state index in [9.17, 15) is 118 Å². The Kier molecular flexibility index (Phi) is 73.5. The van der Waals surface area contributed by atoms with Crippen molar-refractivity contribution in [1.82, 2.24) is 57.3 Å². The Bertz CT molecular complexity index is 3470. The number of hydrogen-bond acceptors (Lipinski definition) is 27. The number of ketones is 1. The molecule has 41 nitrogen and oxygen atoms in total. The molecule has 0 rings (SSSR count). The summed E-state index contributed by atoms with van der Waals surface area (Å²) in [6.07, 6.45) is -2.74. The van der Waals surface area contributed by atoms with Gasteiger partial charge in [0.2, 0.25) is 73.2 Å². The monoisotopic (exact) mass is 2180 g/mol. The molecule has 122 heavy (non-hydrogen) atoms. The summed E-state index contributed by atoms with van der Waals surface area (Å²) in [5, 5.41) is 79.4. The van der Waals surface area contributed by atoms with E-state index in [0.717, 1.165) is 0 Å². The maximum Gasteiger partial charge on any atom is 4.00 e. The second-order valence-corrected chi connectivity index (χ2v) is 35.9. The third kappa shape index (κ3) is 59.9. The molecule has 0 radical (unpaired) electrons. The number of hydrogen-bond donors (Lipinski definition) is 16. The number of nitrogens with one attached hydrogen (secondary N) is 11. The number of aliphatic hydroxyl groups is 3. The number of aliphatic carboxylic acids is 3. The van der Waals surface area contributed by atoms with Crippen molar-refractivity contribution in [3.05, 3.63) is 41.4 Å². The van der Waals surface area contributed by atoms with Crippen LogP contribution in [0, 0.1) is 69.1 Å². The fourth-order valence-corrected chi connectivity index (χ4v) is 14.5. The number of sulfonamides is 3. The fourth-order valence-electron chi connectivity index (χ4n) is 10.8. The van der Waals surface area contributed by atoms with Crippen LogP contribution >= 0.6 is 0 Å². The van der Waals surface area contributed by atoms with Gasteiger partial charge in [0.1, 0.15) is 12.1 Å². The molecular weight excluding hydrogens is 2040 g/mol. The molecule has 0 fully saturated rings. The smallest absolute Gasteiger partial charge is 0.550 e. The van der Waals surface area contributed by atoms with E-state index in [-0.39, 0.29) is 230 Å². The van der Waals surface area contributed by atoms with Crippen LogP contribution in [0.25, 0.3) is 4.72 Å². The van der Waals surface area contributed by atoms with Gasteiger partial charge in [-0.2, -0.15) is 0 Å². The molecule has 0 spiro atoms. The minimum atomic E-state index is -4.15. The summed E-state index contributed by atoms with van der Waals surface area (Å²) >= 11 is 0. The second kappa shape index (κ2) is 65.6. The van der Waals surface area contributed by atoms with Crippen molar-refractivity contribution in [2.45, 2.75) is 231 Å². The number of Topliss-reactive ketones (excluding diaryl/α,β-unsaturated/α-hetero) is 1. The average molecular weight is 2180 g/mol. The van der Waals surface area contributed by atoms with Gasteiger partial charge in [0.25, 0.3) is 0 Å². The van der Waals surface area contributed by atoms with Crippen LogP contribution in [-0.2, 0) is 154 Å². The number of carboxylic acids is 3. The maximum atomic E-state index is 12.8. The number of carbonyl (C=O) groups is 15. The first-order chi connectivity index (χ1) is 52.6. The zero-order valence-corrected chi connectivity index (χ0v) is 83.9. The van der Waals surface area contributed by atoms with Crippen LogP contribution in [0.4, 0.5) is 0 Å². The van der Waals surface area contributed by atoms with Crippen LogP contribution in [-0.4, -0.2) is 265 Å². The van der Waals surface area contributed by atoms with Crippen molar-refractivity contribution in [3.63, 3.8) is 0 Å². The minimum Gasteiger partial charge on any atom is -0.550 e. The summed E-state index contributed by atoms with van der Waals surface area (Å²) in [6.45, 7) is 30.3. The Morgan fingerprint density at radius 2 is 0.738 bits per heavy atom. The topological polar surface area (TPSA) is 648 Å². The van der Waals surface area contributed by atoms with Crippen molar-refractivity contribution in [2.24, 2.45) is 32.5 Å². The molecule has 0 aromatic rings. The van der Waals surface area contributed by atoms with Crippen LogP contribution in [0.5, 0.6) is 0 Å². The molecule has 9 unspecified atom stereocenters. The van der Waals surface area contributed by atoms with Gasteiger partial charge in [-0.05, 0) is 105 Å². The second-order valence-electron chi connectivity index (χ2n) is 30.4. The van der Waals surface area contributed by atoms with Gasteiger partial charge in [-0.25, -0.2) is 34.7 Å². The largest absolute Gasteiger partial charge is 4.00 e. The van der Waals surface area contributed by atoms with E-state index in [0.29, 0.717) is 19.3 Å². The summed E-state index contributed by atoms with van der Waals surface area (Å²) in [4.78, 5) is 180. The van der Waals surface area contributed by atoms with Crippen LogP contribution in [0.15, 0.2) is 0 Å². The van der Waals surface area contributed by atoms with Gasteiger partial charge < -0.3 is 139 Å². The SMILES string of the molecule is CCC(C)(CC(C)(C)C(=O)NCC(=O)NCCCS(=O)(=O)NC(CC(=O)O)C(=O)O)C(=O)NCC(C)O.CCOC(=O)CC(NS(=O)(=O)CCCNC(=O)CNC(=O)C(C)(C)CC(C)(CC)C(=O)NCC(C)O)C(=O)OCC.[CH2-]C(=O)C(CC(=O)[O-])[N-]S(=O)(=O)CCCNC(=O)CNC(=O)C(C)(C)CC(C)(CC)C(=O)NCC(C)O.[CH3-].[CH3-].[CH3-].[CH3-].[Na+].[Pt+2].[Pt+4]. The van der Waals surface area contributed by atoms with E-state index >= 15 is 0 Å². The van der Waals surface area contributed by atoms with Crippen LogP contribution in [0.1, 0.15) is 195 Å². The molecule has 0 saturated carbocycles. The molecular formula is C75H139N12NaO29Pt2S3. The Morgan fingerprint density at radius 1 is 0.443 bits per heavy atom. The summed E-state index contributed by atoms with van der Waals surface area (Å²) < 4.78 is 89.6. The van der Waals surface area contributed by atoms with Gasteiger partial charge in [0.05, 0.1) is 85.5 Å². The van der Waals surface area contributed by atoms with Crippen molar-refractivity contribution >= 4 is 119 Å². The summed E-state index contributed by atoms with van der Waals surface area (Å²) in [5.74, 6) is -12.9. The van der Waals surface area contributed by atoms with E-state index in [1.54, 1.807) is 102 Å². The first kappa shape index (κ1) is 137. The van der Waals surface area contributed by atoms with Gasteiger partial charge in [-0.1, -0.05) is 89.1 Å². The number of carbonyl (C=O) groups excluding carboxylic acids is 13. The Balaban J connectivity index is -0.000000188. The zero-order chi connectivity index (χ0) is 89.9. The van der Waals surface area contributed by atoms with Crippen molar-refractivity contribution in [1.29, 1.82) is 0 Å². The third-order valence-electron chi connectivity index (χ3n) is 17.5. The summed E-state index contributed by atoms with van der Waals surface area (Å²) in [7, 11) is -12.3. The molecule has 0 aromatic carbocycles. The number of esters is 2. The van der Waals surface area contributed by atoms with Gasteiger partial charge in [0, 0.05) is 83.5 Å². The predicted molar refractivity (Wildman–Crippen MR) is 442 cm³/mol. The number of carboxylic acid groups (broad SMARTS) is 3.